The first-order valence-corrected chi connectivity index (χ1v) is 8.44. The number of carbonyl (C=O) groups is 1. The van der Waals surface area contributed by atoms with Gasteiger partial charge in [0.2, 0.25) is 5.91 Å². The zero-order valence-electron chi connectivity index (χ0n) is 14.0. The van der Waals surface area contributed by atoms with Gasteiger partial charge in [0.1, 0.15) is 5.58 Å². The van der Waals surface area contributed by atoms with E-state index in [1.54, 1.807) is 30.3 Å². The van der Waals surface area contributed by atoms with Crippen LogP contribution in [-0.4, -0.2) is 5.91 Å². The molecular weight excluding hydrogens is 338 g/mol. The van der Waals surface area contributed by atoms with Gasteiger partial charge in [-0.25, -0.2) is 4.79 Å². The SMILES string of the molecule is CC(C)CC(=O)Nc1ccc(-c2cc3ccccc3oc2=O)c(Cl)c1. The number of hydrogen-bond donors (Lipinski definition) is 1. The second-order valence-electron chi connectivity index (χ2n) is 6.33. The summed E-state index contributed by atoms with van der Waals surface area (Å²) in [6.07, 6.45) is 0.438. The summed E-state index contributed by atoms with van der Waals surface area (Å²) >= 11 is 6.34. The molecule has 128 valence electrons. The maximum Gasteiger partial charge on any atom is 0.344 e. The number of hydrogen-bond acceptors (Lipinski definition) is 3. The van der Waals surface area contributed by atoms with Crippen molar-refractivity contribution in [3.05, 3.63) is 64.0 Å². The number of anilines is 1. The molecule has 5 heteroatoms. The van der Waals surface area contributed by atoms with Crippen molar-refractivity contribution < 1.29 is 9.21 Å². The summed E-state index contributed by atoms with van der Waals surface area (Å²) < 4.78 is 5.36. The van der Waals surface area contributed by atoms with Gasteiger partial charge < -0.3 is 9.73 Å². The average Bonchev–Trinajstić information content (AvgIpc) is 2.54. The van der Waals surface area contributed by atoms with Crippen molar-refractivity contribution >= 4 is 34.2 Å². The Morgan fingerprint density at radius 1 is 1.12 bits per heavy atom. The standard InChI is InChI=1S/C20H18ClNO3/c1-12(2)9-19(23)22-14-7-8-15(17(21)11-14)16-10-13-5-3-4-6-18(13)25-20(16)24/h3-8,10-12H,9H2,1-2H3,(H,22,23). The predicted molar refractivity (Wildman–Crippen MR) is 101 cm³/mol. The summed E-state index contributed by atoms with van der Waals surface area (Å²) in [5.74, 6) is 0.209. The van der Waals surface area contributed by atoms with Crippen LogP contribution in [0.25, 0.3) is 22.1 Å². The van der Waals surface area contributed by atoms with Gasteiger partial charge in [-0.3, -0.25) is 4.79 Å². The summed E-state index contributed by atoms with van der Waals surface area (Å²) in [6, 6.07) is 14.2. The zero-order valence-corrected chi connectivity index (χ0v) is 14.8. The highest BCUT2D eigenvalue weighted by Crippen LogP contribution is 2.30. The Kier molecular flexibility index (Phi) is 4.91. The van der Waals surface area contributed by atoms with Gasteiger partial charge in [0, 0.05) is 23.1 Å². The Morgan fingerprint density at radius 3 is 2.60 bits per heavy atom. The molecule has 1 aromatic heterocycles. The highest BCUT2D eigenvalue weighted by molar-refractivity contribution is 6.33. The van der Waals surface area contributed by atoms with Crippen molar-refractivity contribution in [1.82, 2.24) is 0 Å². The first-order chi connectivity index (χ1) is 11.9. The lowest BCUT2D eigenvalue weighted by molar-refractivity contribution is -0.116. The predicted octanol–water partition coefficient (Wildman–Crippen LogP) is 5.10. The van der Waals surface area contributed by atoms with Gasteiger partial charge in [-0.1, -0.05) is 49.7 Å². The van der Waals surface area contributed by atoms with Crippen molar-refractivity contribution in [3.8, 4) is 11.1 Å². The number of fused-ring (bicyclic) bond motifs is 1. The fourth-order valence-electron chi connectivity index (χ4n) is 2.64. The monoisotopic (exact) mass is 355 g/mol. The van der Waals surface area contributed by atoms with Crippen LogP contribution in [0.2, 0.25) is 5.02 Å². The second-order valence-corrected chi connectivity index (χ2v) is 6.73. The summed E-state index contributed by atoms with van der Waals surface area (Å²) in [5.41, 5.74) is 1.65. The molecule has 0 saturated heterocycles. The molecule has 0 saturated carbocycles. The molecule has 0 unspecified atom stereocenters. The maximum absolute atomic E-state index is 12.3. The molecule has 0 aliphatic rings. The van der Waals surface area contributed by atoms with Crippen LogP contribution >= 0.6 is 11.6 Å². The second kappa shape index (κ2) is 7.11. The Bertz CT molecular complexity index is 992. The fraction of sp³-hybridized carbons (Fsp3) is 0.200. The number of carbonyl (C=O) groups excluding carboxylic acids is 1. The lowest BCUT2D eigenvalue weighted by Crippen LogP contribution is -2.13. The molecule has 1 N–H and O–H groups in total. The Morgan fingerprint density at radius 2 is 1.88 bits per heavy atom. The molecule has 0 spiro atoms. The number of para-hydroxylation sites is 1. The molecule has 3 rings (SSSR count). The molecule has 0 aliphatic carbocycles. The van der Waals surface area contributed by atoms with E-state index in [4.69, 9.17) is 16.0 Å². The van der Waals surface area contributed by atoms with Gasteiger partial charge in [-0.2, -0.15) is 0 Å². The van der Waals surface area contributed by atoms with E-state index in [1.165, 1.54) is 0 Å². The average molecular weight is 356 g/mol. The van der Waals surface area contributed by atoms with E-state index in [1.807, 2.05) is 32.0 Å². The van der Waals surface area contributed by atoms with E-state index in [0.29, 0.717) is 33.8 Å². The van der Waals surface area contributed by atoms with Crippen molar-refractivity contribution in [2.24, 2.45) is 5.92 Å². The number of halogens is 1. The normalized spacial score (nSPS) is 11.0. The van der Waals surface area contributed by atoms with Crippen molar-refractivity contribution in [3.63, 3.8) is 0 Å². The molecule has 3 aromatic rings. The van der Waals surface area contributed by atoms with Crippen LogP contribution in [0.5, 0.6) is 0 Å². The third-order valence-corrected chi connectivity index (χ3v) is 4.09. The van der Waals surface area contributed by atoms with Crippen LogP contribution < -0.4 is 10.9 Å². The minimum atomic E-state index is -0.447. The first kappa shape index (κ1) is 17.2. The third kappa shape index (κ3) is 3.91. The molecule has 0 bridgehead atoms. The van der Waals surface area contributed by atoms with E-state index in [9.17, 15) is 9.59 Å². The van der Waals surface area contributed by atoms with Gasteiger partial charge >= 0.3 is 5.63 Å². The quantitative estimate of drug-likeness (QED) is 0.662. The Labute approximate surface area is 150 Å². The van der Waals surface area contributed by atoms with Crippen LogP contribution in [0.4, 0.5) is 5.69 Å². The van der Waals surface area contributed by atoms with Crippen LogP contribution in [0.3, 0.4) is 0 Å². The van der Waals surface area contributed by atoms with Gasteiger partial charge in [0.15, 0.2) is 0 Å². The number of nitrogens with one attached hydrogen (secondary N) is 1. The highest BCUT2D eigenvalue weighted by atomic mass is 35.5. The van der Waals surface area contributed by atoms with Crippen molar-refractivity contribution in [1.29, 1.82) is 0 Å². The van der Waals surface area contributed by atoms with Gasteiger partial charge in [-0.05, 0) is 30.2 Å². The van der Waals surface area contributed by atoms with Gasteiger partial charge in [0.05, 0.1) is 10.6 Å². The Hall–Kier alpha value is -2.59. The van der Waals surface area contributed by atoms with E-state index < -0.39 is 5.63 Å². The van der Waals surface area contributed by atoms with Gasteiger partial charge in [-0.15, -0.1) is 0 Å². The number of benzene rings is 2. The first-order valence-electron chi connectivity index (χ1n) is 8.06. The van der Waals surface area contributed by atoms with Crippen molar-refractivity contribution in [2.45, 2.75) is 20.3 Å². The molecule has 1 amide bonds. The molecule has 1 heterocycles. The number of rotatable bonds is 4. The highest BCUT2D eigenvalue weighted by Gasteiger charge is 2.13. The largest absolute Gasteiger partial charge is 0.422 e. The number of amides is 1. The molecule has 4 nitrogen and oxygen atoms in total. The summed E-state index contributed by atoms with van der Waals surface area (Å²) in [4.78, 5) is 24.1. The smallest absolute Gasteiger partial charge is 0.344 e. The minimum Gasteiger partial charge on any atom is -0.422 e. The van der Waals surface area contributed by atoms with E-state index in [0.717, 1.165) is 5.39 Å². The van der Waals surface area contributed by atoms with Gasteiger partial charge in [0.25, 0.3) is 0 Å². The lowest BCUT2D eigenvalue weighted by Gasteiger charge is -2.10. The molecule has 0 radical (unpaired) electrons. The van der Waals surface area contributed by atoms with E-state index >= 15 is 0 Å². The molecule has 25 heavy (non-hydrogen) atoms. The minimum absolute atomic E-state index is 0.0657. The molecule has 0 aliphatic heterocycles. The van der Waals surface area contributed by atoms with Crippen LogP contribution in [-0.2, 0) is 4.79 Å². The third-order valence-electron chi connectivity index (χ3n) is 3.78. The molecule has 0 atom stereocenters. The van der Waals surface area contributed by atoms with Crippen LogP contribution in [0.15, 0.2) is 57.7 Å². The topological polar surface area (TPSA) is 59.3 Å². The Balaban J connectivity index is 1.95. The summed E-state index contributed by atoms with van der Waals surface area (Å²) in [7, 11) is 0. The maximum atomic E-state index is 12.3. The van der Waals surface area contributed by atoms with E-state index in [-0.39, 0.29) is 11.8 Å². The van der Waals surface area contributed by atoms with E-state index in [2.05, 4.69) is 5.32 Å². The molecule has 2 aromatic carbocycles. The molecule has 0 fully saturated rings. The zero-order chi connectivity index (χ0) is 18.0. The summed E-state index contributed by atoms with van der Waals surface area (Å²) in [5, 5.41) is 4.01. The summed E-state index contributed by atoms with van der Waals surface area (Å²) in [6.45, 7) is 3.96. The van der Waals surface area contributed by atoms with Crippen molar-refractivity contribution in [2.75, 3.05) is 5.32 Å². The van der Waals surface area contributed by atoms with Crippen LogP contribution in [0, 0.1) is 5.92 Å². The lowest BCUT2D eigenvalue weighted by atomic mass is 10.1. The molecular formula is C20H18ClNO3. The fourth-order valence-corrected chi connectivity index (χ4v) is 2.93. The van der Waals surface area contributed by atoms with Crippen LogP contribution in [0.1, 0.15) is 20.3 Å².